The van der Waals surface area contributed by atoms with E-state index in [4.69, 9.17) is 9.47 Å². The number of aromatic nitrogens is 2. The molecule has 1 atom stereocenters. The fourth-order valence-electron chi connectivity index (χ4n) is 2.20. The Kier molecular flexibility index (Phi) is 4.80. The first-order valence-corrected chi connectivity index (χ1v) is 6.73. The first-order chi connectivity index (χ1) is 10.1. The van der Waals surface area contributed by atoms with Crippen LogP contribution in [0.1, 0.15) is 30.7 Å². The lowest BCUT2D eigenvalue weighted by molar-refractivity contribution is 0.197. The van der Waals surface area contributed by atoms with Gasteiger partial charge in [0.15, 0.2) is 5.75 Å². The molecular weight excluding hydrogens is 275 g/mol. The molecule has 114 valence electrons. The molecule has 0 radical (unpaired) electrons. The minimum atomic E-state index is -1.15. The summed E-state index contributed by atoms with van der Waals surface area (Å²) in [6.45, 7) is 2.62. The summed E-state index contributed by atoms with van der Waals surface area (Å²) in [4.78, 5) is 0. The molecular formula is C15H19FN2O3. The predicted molar refractivity (Wildman–Crippen MR) is 76.1 cm³/mol. The number of halogens is 1. The van der Waals surface area contributed by atoms with Gasteiger partial charge < -0.3 is 14.6 Å². The maximum Gasteiger partial charge on any atom is 0.163 e. The Morgan fingerprint density at radius 2 is 2.10 bits per heavy atom. The van der Waals surface area contributed by atoms with Gasteiger partial charge in [-0.25, -0.2) is 4.39 Å². The molecule has 1 heterocycles. The van der Waals surface area contributed by atoms with Crippen LogP contribution in [0.15, 0.2) is 24.4 Å². The highest BCUT2D eigenvalue weighted by atomic mass is 19.1. The van der Waals surface area contributed by atoms with Crippen molar-refractivity contribution in [2.45, 2.75) is 26.0 Å². The average Bonchev–Trinajstić information content (AvgIpc) is 2.89. The molecule has 21 heavy (non-hydrogen) atoms. The van der Waals surface area contributed by atoms with Crippen LogP contribution in [-0.2, 0) is 6.54 Å². The van der Waals surface area contributed by atoms with Crippen molar-refractivity contribution in [2.75, 3.05) is 14.2 Å². The van der Waals surface area contributed by atoms with Crippen molar-refractivity contribution in [3.05, 3.63) is 41.5 Å². The molecule has 0 saturated carbocycles. The van der Waals surface area contributed by atoms with Crippen molar-refractivity contribution in [1.82, 2.24) is 9.78 Å². The van der Waals surface area contributed by atoms with Gasteiger partial charge >= 0.3 is 0 Å². The number of hydrogen-bond donors (Lipinski definition) is 1. The van der Waals surface area contributed by atoms with Gasteiger partial charge in [-0.2, -0.15) is 5.10 Å². The molecule has 0 aliphatic heterocycles. The number of benzene rings is 1. The van der Waals surface area contributed by atoms with Crippen LogP contribution in [0, 0.1) is 5.82 Å². The molecule has 0 saturated heterocycles. The lowest BCUT2D eigenvalue weighted by Crippen LogP contribution is -2.12. The van der Waals surface area contributed by atoms with E-state index in [-0.39, 0.29) is 5.56 Å². The van der Waals surface area contributed by atoms with Crippen LogP contribution in [0.5, 0.6) is 11.5 Å². The number of aryl methyl sites for hydroxylation is 1. The Morgan fingerprint density at radius 1 is 1.33 bits per heavy atom. The van der Waals surface area contributed by atoms with Gasteiger partial charge in [-0.05, 0) is 18.6 Å². The summed E-state index contributed by atoms with van der Waals surface area (Å²) in [5.74, 6) is 0.303. The number of aliphatic hydroxyl groups is 1. The Hall–Kier alpha value is -2.08. The van der Waals surface area contributed by atoms with Crippen LogP contribution in [0.2, 0.25) is 0 Å². The summed E-state index contributed by atoms with van der Waals surface area (Å²) >= 11 is 0. The average molecular weight is 294 g/mol. The van der Waals surface area contributed by atoms with E-state index in [2.05, 4.69) is 5.10 Å². The fraction of sp³-hybridized carbons (Fsp3) is 0.400. The molecule has 2 aromatic rings. The van der Waals surface area contributed by atoms with Gasteiger partial charge in [0.05, 0.1) is 20.4 Å². The lowest BCUT2D eigenvalue weighted by atomic mass is 10.0. The molecule has 5 nitrogen and oxygen atoms in total. The van der Waals surface area contributed by atoms with Crippen molar-refractivity contribution < 1.29 is 19.0 Å². The van der Waals surface area contributed by atoms with E-state index >= 15 is 0 Å². The van der Waals surface area contributed by atoms with Gasteiger partial charge in [-0.15, -0.1) is 0 Å². The second kappa shape index (κ2) is 6.58. The Morgan fingerprint density at radius 3 is 2.67 bits per heavy atom. The Bertz CT molecular complexity index is 613. The van der Waals surface area contributed by atoms with Crippen molar-refractivity contribution in [2.24, 2.45) is 0 Å². The second-order valence-electron chi connectivity index (χ2n) is 4.61. The second-order valence-corrected chi connectivity index (χ2v) is 4.61. The molecule has 0 aliphatic carbocycles. The zero-order valence-electron chi connectivity index (χ0n) is 12.3. The first kappa shape index (κ1) is 15.3. The third-order valence-electron chi connectivity index (χ3n) is 3.26. The SMILES string of the molecule is CCCn1ncc(OC)c1C(O)c1ccc(OC)cc1F. The van der Waals surface area contributed by atoms with Crippen molar-refractivity contribution in [1.29, 1.82) is 0 Å². The summed E-state index contributed by atoms with van der Waals surface area (Å²) in [5.41, 5.74) is 0.607. The summed E-state index contributed by atoms with van der Waals surface area (Å²) < 4.78 is 25.9. The summed E-state index contributed by atoms with van der Waals surface area (Å²) in [6.07, 6.45) is 1.21. The van der Waals surface area contributed by atoms with Gasteiger partial charge in [0.2, 0.25) is 0 Å². The van der Waals surface area contributed by atoms with E-state index in [1.165, 1.54) is 32.5 Å². The van der Waals surface area contributed by atoms with Crippen molar-refractivity contribution in [3.8, 4) is 11.5 Å². The molecule has 0 aliphatic rings. The van der Waals surface area contributed by atoms with E-state index in [1.807, 2.05) is 6.92 Å². The zero-order chi connectivity index (χ0) is 15.4. The number of ether oxygens (including phenoxy) is 2. The number of aliphatic hydroxyl groups excluding tert-OH is 1. The van der Waals surface area contributed by atoms with Gasteiger partial charge in [0.1, 0.15) is 23.4 Å². The van der Waals surface area contributed by atoms with Gasteiger partial charge in [0, 0.05) is 18.2 Å². The topological polar surface area (TPSA) is 56.5 Å². The molecule has 2 rings (SSSR count). The van der Waals surface area contributed by atoms with Crippen LogP contribution >= 0.6 is 0 Å². The normalized spacial score (nSPS) is 12.2. The van der Waals surface area contributed by atoms with Gasteiger partial charge in [0.25, 0.3) is 0 Å². The summed E-state index contributed by atoms with van der Waals surface area (Å²) in [7, 11) is 2.96. The number of nitrogens with zero attached hydrogens (tertiary/aromatic N) is 2. The smallest absolute Gasteiger partial charge is 0.163 e. The molecule has 6 heteroatoms. The third kappa shape index (κ3) is 3.00. The summed E-state index contributed by atoms with van der Waals surface area (Å²) in [5, 5.41) is 14.7. The molecule has 1 aromatic heterocycles. The molecule has 1 aromatic carbocycles. The van der Waals surface area contributed by atoms with E-state index in [0.717, 1.165) is 6.42 Å². The Labute approximate surface area is 122 Å². The van der Waals surface area contributed by atoms with E-state index in [0.29, 0.717) is 23.7 Å². The highest BCUT2D eigenvalue weighted by Crippen LogP contribution is 2.32. The molecule has 0 fully saturated rings. The summed E-state index contributed by atoms with van der Waals surface area (Å²) in [6, 6.07) is 4.35. The van der Waals surface area contributed by atoms with Gasteiger partial charge in [-0.1, -0.05) is 6.92 Å². The number of rotatable bonds is 6. The van der Waals surface area contributed by atoms with Crippen LogP contribution in [0.4, 0.5) is 4.39 Å². The van der Waals surface area contributed by atoms with Crippen LogP contribution < -0.4 is 9.47 Å². The predicted octanol–water partition coefficient (Wildman–Crippen LogP) is 2.53. The van der Waals surface area contributed by atoms with Crippen molar-refractivity contribution in [3.63, 3.8) is 0 Å². The van der Waals surface area contributed by atoms with Crippen LogP contribution in [0.25, 0.3) is 0 Å². The van der Waals surface area contributed by atoms with Crippen LogP contribution in [0.3, 0.4) is 0 Å². The minimum Gasteiger partial charge on any atom is -0.497 e. The Balaban J connectivity index is 2.43. The molecule has 0 spiro atoms. The number of hydrogen-bond acceptors (Lipinski definition) is 4. The fourth-order valence-corrected chi connectivity index (χ4v) is 2.20. The molecule has 0 bridgehead atoms. The molecule has 0 amide bonds. The van der Waals surface area contributed by atoms with Crippen LogP contribution in [-0.4, -0.2) is 29.1 Å². The highest BCUT2D eigenvalue weighted by Gasteiger charge is 2.24. The quantitative estimate of drug-likeness (QED) is 0.889. The van der Waals surface area contributed by atoms with E-state index in [9.17, 15) is 9.50 Å². The number of methoxy groups -OCH3 is 2. The molecule has 1 unspecified atom stereocenters. The largest absolute Gasteiger partial charge is 0.497 e. The molecule has 1 N–H and O–H groups in total. The minimum absolute atomic E-state index is 0.159. The van der Waals surface area contributed by atoms with E-state index in [1.54, 1.807) is 10.7 Å². The monoisotopic (exact) mass is 294 g/mol. The maximum atomic E-state index is 14.1. The zero-order valence-corrected chi connectivity index (χ0v) is 12.3. The lowest BCUT2D eigenvalue weighted by Gasteiger charge is -2.16. The van der Waals surface area contributed by atoms with E-state index < -0.39 is 11.9 Å². The van der Waals surface area contributed by atoms with Gasteiger partial charge in [-0.3, -0.25) is 4.68 Å². The maximum absolute atomic E-state index is 14.1. The van der Waals surface area contributed by atoms with Crippen molar-refractivity contribution >= 4 is 0 Å². The highest BCUT2D eigenvalue weighted by molar-refractivity contribution is 5.38. The standard InChI is InChI=1S/C15H19FN2O3/c1-4-7-18-14(13(21-3)9-17-18)15(19)11-6-5-10(20-2)8-12(11)16/h5-6,8-9,15,19H,4,7H2,1-3H3. The first-order valence-electron chi connectivity index (χ1n) is 6.73. The third-order valence-corrected chi connectivity index (χ3v) is 3.26.